The molecule has 1 aromatic rings. The zero-order valence-corrected chi connectivity index (χ0v) is 15.5. The van der Waals surface area contributed by atoms with Gasteiger partial charge in [0.2, 0.25) is 5.91 Å². The third-order valence-corrected chi connectivity index (χ3v) is 5.06. The fourth-order valence-electron chi connectivity index (χ4n) is 3.47. The molecule has 2 heterocycles. The third kappa shape index (κ3) is 4.43. The number of rotatable bonds is 5. The number of amides is 3. The highest BCUT2D eigenvalue weighted by Crippen LogP contribution is 2.22. The lowest BCUT2D eigenvalue weighted by atomic mass is 10.1. The van der Waals surface area contributed by atoms with Crippen LogP contribution >= 0.6 is 0 Å². The molecule has 1 fully saturated rings. The van der Waals surface area contributed by atoms with E-state index in [2.05, 4.69) is 11.4 Å². The number of likely N-dealkylation sites (N-methyl/N-ethyl adjacent to an activating group) is 1. The van der Waals surface area contributed by atoms with Crippen LogP contribution in [0.25, 0.3) is 0 Å². The molecule has 1 saturated heterocycles. The van der Waals surface area contributed by atoms with Crippen LogP contribution in [0.4, 0.5) is 4.79 Å². The Morgan fingerprint density at radius 2 is 2.12 bits per heavy atom. The summed E-state index contributed by atoms with van der Waals surface area (Å²) in [5.74, 6) is 0.0812. The van der Waals surface area contributed by atoms with Crippen molar-refractivity contribution < 1.29 is 14.3 Å². The van der Waals surface area contributed by atoms with Gasteiger partial charge in [0.25, 0.3) is 0 Å². The van der Waals surface area contributed by atoms with Crippen LogP contribution in [-0.2, 0) is 16.1 Å². The number of carbonyl (C=O) groups is 2. The molecule has 0 spiro atoms. The van der Waals surface area contributed by atoms with E-state index in [9.17, 15) is 9.59 Å². The summed E-state index contributed by atoms with van der Waals surface area (Å²) in [5, 5.41) is 3.02. The lowest BCUT2D eigenvalue weighted by Gasteiger charge is -2.27. The lowest BCUT2D eigenvalue weighted by Crippen LogP contribution is -2.48. The lowest BCUT2D eigenvalue weighted by molar-refractivity contribution is -0.129. The van der Waals surface area contributed by atoms with Crippen molar-refractivity contribution in [3.05, 3.63) is 47.5 Å². The van der Waals surface area contributed by atoms with Crippen molar-refractivity contribution in [2.45, 2.75) is 38.4 Å². The molecule has 0 bridgehead atoms. The molecular formula is C20H27N3O3. The van der Waals surface area contributed by atoms with Crippen molar-refractivity contribution in [1.29, 1.82) is 0 Å². The van der Waals surface area contributed by atoms with Crippen molar-refractivity contribution in [3.8, 4) is 0 Å². The Morgan fingerprint density at radius 1 is 1.35 bits per heavy atom. The zero-order chi connectivity index (χ0) is 18.5. The molecular weight excluding hydrogens is 330 g/mol. The van der Waals surface area contributed by atoms with E-state index in [-0.39, 0.29) is 24.0 Å². The molecule has 6 nitrogen and oxygen atoms in total. The number of urea groups is 1. The number of hydrogen-bond acceptors (Lipinski definition) is 3. The van der Waals surface area contributed by atoms with Gasteiger partial charge in [-0.1, -0.05) is 36.4 Å². The van der Waals surface area contributed by atoms with E-state index in [0.29, 0.717) is 26.1 Å². The van der Waals surface area contributed by atoms with Gasteiger partial charge in [0.1, 0.15) is 0 Å². The van der Waals surface area contributed by atoms with Gasteiger partial charge in [-0.25, -0.2) is 4.79 Å². The fraction of sp³-hybridized carbons (Fsp3) is 0.500. The van der Waals surface area contributed by atoms with Gasteiger partial charge < -0.3 is 19.9 Å². The molecule has 1 aromatic carbocycles. The minimum atomic E-state index is -0.169. The van der Waals surface area contributed by atoms with E-state index in [1.54, 1.807) is 11.9 Å². The van der Waals surface area contributed by atoms with Crippen molar-refractivity contribution in [3.63, 3.8) is 0 Å². The molecule has 0 radical (unpaired) electrons. The Bertz CT molecular complexity index is 674. The molecule has 0 saturated carbocycles. The summed E-state index contributed by atoms with van der Waals surface area (Å²) < 4.78 is 5.42. The second-order valence-electron chi connectivity index (χ2n) is 7.07. The molecule has 2 atom stereocenters. The van der Waals surface area contributed by atoms with E-state index in [4.69, 9.17) is 4.74 Å². The van der Waals surface area contributed by atoms with E-state index >= 15 is 0 Å². The first-order valence-electron chi connectivity index (χ1n) is 9.15. The van der Waals surface area contributed by atoms with Crippen molar-refractivity contribution in [1.82, 2.24) is 15.1 Å². The molecule has 26 heavy (non-hydrogen) atoms. The Morgan fingerprint density at radius 3 is 2.81 bits per heavy atom. The third-order valence-electron chi connectivity index (χ3n) is 5.06. The maximum absolute atomic E-state index is 12.5. The van der Waals surface area contributed by atoms with Crippen LogP contribution in [0, 0.1) is 0 Å². The van der Waals surface area contributed by atoms with Gasteiger partial charge in [0.15, 0.2) is 0 Å². The van der Waals surface area contributed by atoms with Gasteiger partial charge in [-0.3, -0.25) is 4.79 Å². The van der Waals surface area contributed by atoms with E-state index in [1.165, 1.54) is 0 Å². The predicted octanol–water partition coefficient (Wildman–Crippen LogP) is 2.16. The fourth-order valence-corrected chi connectivity index (χ4v) is 3.47. The first-order chi connectivity index (χ1) is 12.5. The maximum atomic E-state index is 12.5. The Labute approximate surface area is 154 Å². The standard InChI is InChI=1S/C20H27N3O3/c1-15-18(11-19(24)23(15)13-16-7-4-3-5-8-16)21-20(25)22(2)12-17-9-6-10-26-14-17/h3-5,7-9,15,18H,6,10-14H2,1-2H3,(H,21,25). The van der Waals surface area contributed by atoms with Crippen LogP contribution in [0.5, 0.6) is 0 Å². The van der Waals surface area contributed by atoms with Gasteiger partial charge in [0, 0.05) is 26.6 Å². The Balaban J connectivity index is 1.55. The minimum absolute atomic E-state index is 0.0303. The predicted molar refractivity (Wildman–Crippen MR) is 99.5 cm³/mol. The largest absolute Gasteiger partial charge is 0.377 e. The Kier molecular flexibility index (Phi) is 5.93. The Hall–Kier alpha value is -2.34. The minimum Gasteiger partial charge on any atom is -0.377 e. The summed E-state index contributed by atoms with van der Waals surface area (Å²) in [7, 11) is 1.77. The summed E-state index contributed by atoms with van der Waals surface area (Å²) in [6.45, 7) is 4.46. The van der Waals surface area contributed by atoms with Crippen LogP contribution in [0.3, 0.4) is 0 Å². The number of hydrogen-bond donors (Lipinski definition) is 1. The van der Waals surface area contributed by atoms with Gasteiger partial charge in [-0.05, 0) is 24.5 Å². The maximum Gasteiger partial charge on any atom is 0.317 e. The first-order valence-corrected chi connectivity index (χ1v) is 9.15. The number of nitrogens with one attached hydrogen (secondary N) is 1. The monoisotopic (exact) mass is 357 g/mol. The smallest absolute Gasteiger partial charge is 0.317 e. The number of benzene rings is 1. The van der Waals surface area contributed by atoms with Crippen LogP contribution in [0.1, 0.15) is 25.3 Å². The molecule has 6 heteroatoms. The van der Waals surface area contributed by atoms with E-state index in [0.717, 1.165) is 24.2 Å². The number of carbonyl (C=O) groups excluding carboxylic acids is 2. The van der Waals surface area contributed by atoms with Crippen molar-refractivity contribution in [2.24, 2.45) is 0 Å². The van der Waals surface area contributed by atoms with Gasteiger partial charge >= 0.3 is 6.03 Å². The van der Waals surface area contributed by atoms with E-state index in [1.807, 2.05) is 42.2 Å². The van der Waals surface area contributed by atoms with Crippen molar-refractivity contribution >= 4 is 11.9 Å². The van der Waals surface area contributed by atoms with Gasteiger partial charge in [-0.2, -0.15) is 0 Å². The first kappa shape index (κ1) is 18.5. The van der Waals surface area contributed by atoms with Crippen LogP contribution < -0.4 is 5.32 Å². The second kappa shape index (κ2) is 8.36. The molecule has 140 valence electrons. The van der Waals surface area contributed by atoms with Crippen LogP contribution in [0.2, 0.25) is 0 Å². The number of likely N-dealkylation sites (tertiary alicyclic amines) is 1. The summed E-state index contributed by atoms with van der Waals surface area (Å²) in [6, 6.07) is 9.58. The summed E-state index contributed by atoms with van der Waals surface area (Å²) in [5.41, 5.74) is 2.22. The molecule has 1 N–H and O–H groups in total. The van der Waals surface area contributed by atoms with E-state index < -0.39 is 0 Å². The molecule has 0 aliphatic carbocycles. The molecule has 2 unspecified atom stereocenters. The summed E-state index contributed by atoms with van der Waals surface area (Å²) >= 11 is 0. The molecule has 2 aliphatic rings. The summed E-state index contributed by atoms with van der Waals surface area (Å²) in [6.07, 6.45) is 3.38. The van der Waals surface area contributed by atoms with Crippen molar-refractivity contribution in [2.75, 3.05) is 26.8 Å². The molecule has 3 rings (SSSR count). The molecule has 2 aliphatic heterocycles. The molecule has 3 amide bonds. The second-order valence-corrected chi connectivity index (χ2v) is 7.07. The average Bonchev–Trinajstić information content (AvgIpc) is 2.91. The van der Waals surface area contributed by atoms with Gasteiger partial charge in [0.05, 0.1) is 25.3 Å². The quantitative estimate of drug-likeness (QED) is 0.822. The van der Waals surface area contributed by atoms with Crippen LogP contribution in [-0.4, -0.2) is 60.6 Å². The average molecular weight is 357 g/mol. The highest BCUT2D eigenvalue weighted by molar-refractivity contribution is 5.82. The highest BCUT2D eigenvalue weighted by Gasteiger charge is 2.37. The number of nitrogens with zero attached hydrogens (tertiary/aromatic N) is 2. The number of ether oxygens (including phenoxy) is 1. The van der Waals surface area contributed by atoms with Gasteiger partial charge in [-0.15, -0.1) is 0 Å². The summed E-state index contributed by atoms with van der Waals surface area (Å²) in [4.78, 5) is 28.4. The topological polar surface area (TPSA) is 61.9 Å². The van der Waals surface area contributed by atoms with Crippen LogP contribution in [0.15, 0.2) is 42.0 Å². The zero-order valence-electron chi connectivity index (χ0n) is 15.5. The normalized spacial score (nSPS) is 22.9. The highest BCUT2D eigenvalue weighted by atomic mass is 16.5. The molecule has 0 aromatic heterocycles. The SMILES string of the molecule is CC1C(NC(=O)N(C)CC2=CCCOC2)CC(=O)N1Cc1ccccc1.